The van der Waals surface area contributed by atoms with E-state index in [1.165, 1.54) is 32.4 Å². The van der Waals surface area contributed by atoms with Gasteiger partial charge in [-0.15, -0.1) is 0 Å². The Labute approximate surface area is 107 Å². The highest BCUT2D eigenvalue weighted by atomic mass is 15.3. The molecule has 2 atom stereocenters. The van der Waals surface area contributed by atoms with E-state index in [0.29, 0.717) is 11.1 Å². The van der Waals surface area contributed by atoms with Crippen LogP contribution in [0.3, 0.4) is 0 Å². The predicted molar refractivity (Wildman–Crippen MR) is 74.3 cm³/mol. The monoisotopic (exact) mass is 238 g/mol. The first kappa shape index (κ1) is 13.4. The Kier molecular flexibility index (Phi) is 3.33. The van der Waals surface area contributed by atoms with Crippen molar-refractivity contribution in [1.82, 2.24) is 9.80 Å². The van der Waals surface area contributed by atoms with E-state index >= 15 is 0 Å². The van der Waals surface area contributed by atoms with Gasteiger partial charge in [0, 0.05) is 36.3 Å². The first-order valence-corrected chi connectivity index (χ1v) is 7.23. The molecule has 2 heteroatoms. The average Bonchev–Trinajstić information content (AvgIpc) is 2.42. The molecule has 2 rings (SSSR count). The van der Waals surface area contributed by atoms with Crippen molar-refractivity contribution in [1.29, 1.82) is 0 Å². The smallest absolute Gasteiger partial charge is 0.0128 e. The molecule has 0 radical (unpaired) electrons. The summed E-state index contributed by atoms with van der Waals surface area (Å²) in [5.41, 5.74) is 0.654. The molecule has 0 spiro atoms. The van der Waals surface area contributed by atoms with E-state index in [-0.39, 0.29) is 0 Å². The summed E-state index contributed by atoms with van der Waals surface area (Å²) in [6.07, 6.45) is 4.18. The fourth-order valence-corrected chi connectivity index (χ4v) is 3.85. The van der Waals surface area contributed by atoms with Crippen LogP contribution in [0.5, 0.6) is 0 Å². The van der Waals surface area contributed by atoms with Gasteiger partial charge in [0.2, 0.25) is 0 Å². The summed E-state index contributed by atoms with van der Waals surface area (Å²) in [6, 6.07) is 1.65. The molecule has 1 heterocycles. The largest absolute Gasteiger partial charge is 0.294 e. The number of fused-ring (bicyclic) bond motifs is 2. The maximum atomic E-state index is 2.75. The van der Waals surface area contributed by atoms with Crippen molar-refractivity contribution in [3.8, 4) is 0 Å². The van der Waals surface area contributed by atoms with Crippen molar-refractivity contribution < 1.29 is 0 Å². The molecule has 0 N–H and O–H groups in total. The van der Waals surface area contributed by atoms with E-state index in [4.69, 9.17) is 0 Å². The van der Waals surface area contributed by atoms with Crippen LogP contribution < -0.4 is 0 Å². The number of hydrogen-bond donors (Lipinski definition) is 0. The minimum Gasteiger partial charge on any atom is -0.294 e. The molecule has 1 saturated heterocycles. The van der Waals surface area contributed by atoms with Crippen LogP contribution >= 0.6 is 0 Å². The fourth-order valence-electron chi connectivity index (χ4n) is 3.85. The lowest BCUT2D eigenvalue weighted by atomic mass is 10.0. The zero-order chi connectivity index (χ0) is 12.8. The minimum atomic E-state index is 0.327. The Morgan fingerprint density at radius 1 is 0.706 bits per heavy atom. The van der Waals surface area contributed by atoms with Crippen LogP contribution in [0.1, 0.15) is 60.8 Å². The summed E-state index contributed by atoms with van der Waals surface area (Å²) < 4.78 is 0. The molecule has 0 aromatic rings. The molecule has 1 saturated carbocycles. The maximum absolute atomic E-state index is 2.75. The molecule has 0 aromatic carbocycles. The lowest BCUT2D eigenvalue weighted by Gasteiger charge is -2.42. The van der Waals surface area contributed by atoms with Crippen molar-refractivity contribution in [2.24, 2.45) is 0 Å². The van der Waals surface area contributed by atoms with Gasteiger partial charge in [-0.2, -0.15) is 0 Å². The van der Waals surface area contributed by atoms with Crippen LogP contribution in [0.15, 0.2) is 0 Å². The molecule has 17 heavy (non-hydrogen) atoms. The molecule has 2 fully saturated rings. The lowest BCUT2D eigenvalue weighted by Crippen LogP contribution is -2.51. The summed E-state index contributed by atoms with van der Waals surface area (Å²) in [4.78, 5) is 5.50. The summed E-state index contributed by atoms with van der Waals surface area (Å²) in [5.74, 6) is 0. The average molecular weight is 238 g/mol. The van der Waals surface area contributed by atoms with Gasteiger partial charge in [0.25, 0.3) is 0 Å². The second kappa shape index (κ2) is 4.24. The number of hydrogen-bond acceptors (Lipinski definition) is 2. The molecule has 0 amide bonds. The topological polar surface area (TPSA) is 6.48 Å². The van der Waals surface area contributed by atoms with Gasteiger partial charge in [-0.05, 0) is 60.8 Å². The molecule has 1 aliphatic heterocycles. The van der Waals surface area contributed by atoms with Crippen molar-refractivity contribution in [2.45, 2.75) is 84.0 Å². The summed E-state index contributed by atoms with van der Waals surface area (Å²) in [7, 11) is 0. The van der Waals surface area contributed by atoms with E-state index in [2.05, 4.69) is 51.3 Å². The second-order valence-electron chi connectivity index (χ2n) is 7.85. The van der Waals surface area contributed by atoms with Crippen LogP contribution in [-0.2, 0) is 0 Å². The van der Waals surface area contributed by atoms with E-state index < -0.39 is 0 Å². The van der Waals surface area contributed by atoms with Crippen LogP contribution in [0, 0.1) is 0 Å². The van der Waals surface area contributed by atoms with Gasteiger partial charge in [0.05, 0.1) is 0 Å². The summed E-state index contributed by atoms with van der Waals surface area (Å²) >= 11 is 0. The Hall–Kier alpha value is -0.0800. The first-order valence-electron chi connectivity index (χ1n) is 7.23. The zero-order valence-corrected chi connectivity index (χ0v) is 12.6. The van der Waals surface area contributed by atoms with Gasteiger partial charge in [-0.1, -0.05) is 0 Å². The zero-order valence-electron chi connectivity index (χ0n) is 12.6. The Balaban J connectivity index is 2.17. The van der Waals surface area contributed by atoms with Gasteiger partial charge < -0.3 is 0 Å². The molecule has 1 aliphatic carbocycles. The van der Waals surface area contributed by atoms with E-state index in [9.17, 15) is 0 Å². The van der Waals surface area contributed by atoms with Crippen LogP contribution in [-0.4, -0.2) is 46.1 Å². The van der Waals surface area contributed by atoms with Crippen molar-refractivity contribution in [2.75, 3.05) is 13.1 Å². The normalized spacial score (nSPS) is 32.8. The van der Waals surface area contributed by atoms with E-state index in [1.54, 1.807) is 0 Å². The third-order valence-corrected chi connectivity index (χ3v) is 4.56. The molecule has 2 aliphatic rings. The SMILES string of the molecule is CC(C)(C)N1CCN(C(C)(C)C)C2CCC1C2. The number of rotatable bonds is 0. The van der Waals surface area contributed by atoms with Crippen molar-refractivity contribution in [3.63, 3.8) is 0 Å². The van der Waals surface area contributed by atoms with Crippen molar-refractivity contribution in [3.05, 3.63) is 0 Å². The van der Waals surface area contributed by atoms with Crippen LogP contribution in [0.4, 0.5) is 0 Å². The quantitative estimate of drug-likeness (QED) is 0.640. The highest BCUT2D eigenvalue weighted by molar-refractivity contribution is 4.98. The van der Waals surface area contributed by atoms with Gasteiger partial charge in [-0.25, -0.2) is 0 Å². The molecular weight excluding hydrogens is 208 g/mol. The summed E-state index contributed by atoms with van der Waals surface area (Å²) in [6.45, 7) is 16.7. The highest BCUT2D eigenvalue weighted by Gasteiger charge is 2.42. The standard InChI is InChI=1S/C15H30N2/c1-14(2,3)16-9-10-17(15(4,5)6)13-8-7-12(16)11-13/h12-13H,7-11H2,1-6H3. The molecule has 2 unspecified atom stereocenters. The molecule has 0 aromatic heterocycles. The van der Waals surface area contributed by atoms with Crippen LogP contribution in [0.2, 0.25) is 0 Å². The fraction of sp³-hybridized carbons (Fsp3) is 1.00. The summed E-state index contributed by atoms with van der Waals surface area (Å²) in [5, 5.41) is 0. The van der Waals surface area contributed by atoms with Crippen LogP contribution in [0.25, 0.3) is 0 Å². The van der Waals surface area contributed by atoms with E-state index in [1.807, 2.05) is 0 Å². The Morgan fingerprint density at radius 2 is 1.06 bits per heavy atom. The van der Waals surface area contributed by atoms with Gasteiger partial charge in [0.15, 0.2) is 0 Å². The predicted octanol–water partition coefficient (Wildman–Crippen LogP) is 3.12. The van der Waals surface area contributed by atoms with Crippen molar-refractivity contribution >= 4 is 0 Å². The Bertz CT molecular complexity index is 244. The number of nitrogens with zero attached hydrogens (tertiary/aromatic N) is 2. The molecule has 2 bridgehead atoms. The lowest BCUT2D eigenvalue weighted by molar-refractivity contribution is 0.0571. The minimum absolute atomic E-state index is 0.327. The Morgan fingerprint density at radius 3 is 1.35 bits per heavy atom. The highest BCUT2D eigenvalue weighted by Crippen LogP contribution is 2.37. The van der Waals surface area contributed by atoms with Gasteiger partial charge >= 0.3 is 0 Å². The molecular formula is C15H30N2. The second-order valence-corrected chi connectivity index (χ2v) is 7.85. The molecule has 2 nitrogen and oxygen atoms in total. The third kappa shape index (κ3) is 2.68. The van der Waals surface area contributed by atoms with E-state index in [0.717, 1.165) is 12.1 Å². The molecule has 100 valence electrons. The third-order valence-electron chi connectivity index (χ3n) is 4.56. The first-order chi connectivity index (χ1) is 7.69. The van der Waals surface area contributed by atoms with Gasteiger partial charge in [-0.3, -0.25) is 9.80 Å². The van der Waals surface area contributed by atoms with Gasteiger partial charge in [0.1, 0.15) is 0 Å². The maximum Gasteiger partial charge on any atom is 0.0128 e.